The van der Waals surface area contributed by atoms with Crippen molar-refractivity contribution in [3.63, 3.8) is 0 Å². The zero-order valence-corrected chi connectivity index (χ0v) is 11.0. The van der Waals surface area contributed by atoms with Gasteiger partial charge in [0.15, 0.2) is 0 Å². The molecule has 1 atom stereocenters. The summed E-state index contributed by atoms with van der Waals surface area (Å²) in [5.74, 6) is 0.729. The van der Waals surface area contributed by atoms with Crippen molar-refractivity contribution in [3.8, 4) is 0 Å². The minimum absolute atomic E-state index is 0.0258. The first-order valence-electron chi connectivity index (χ1n) is 5.89. The highest BCUT2D eigenvalue weighted by atomic mass is 32.2. The van der Waals surface area contributed by atoms with Gasteiger partial charge < -0.3 is 5.73 Å². The number of nitrogens with two attached hydrogens (primary N) is 1. The molecule has 0 spiro atoms. The minimum Gasteiger partial charge on any atom is -0.330 e. The Morgan fingerprint density at radius 2 is 2.12 bits per heavy atom. The SMILES string of the molecule is CC(CC1CC1)NS(=O)(=O)N(C)CCCN. The number of hydrogen-bond acceptors (Lipinski definition) is 3. The number of nitrogens with zero attached hydrogens (tertiary/aromatic N) is 1. The number of rotatable bonds is 8. The Kier molecular flexibility index (Phi) is 5.17. The lowest BCUT2D eigenvalue weighted by Gasteiger charge is -2.20. The van der Waals surface area contributed by atoms with Crippen molar-refractivity contribution in [1.82, 2.24) is 9.03 Å². The summed E-state index contributed by atoms with van der Waals surface area (Å²) in [5.41, 5.74) is 5.35. The molecule has 1 aliphatic rings. The zero-order valence-electron chi connectivity index (χ0n) is 10.1. The largest absolute Gasteiger partial charge is 0.330 e. The van der Waals surface area contributed by atoms with Crippen molar-refractivity contribution in [3.05, 3.63) is 0 Å². The summed E-state index contributed by atoms with van der Waals surface area (Å²) in [6.45, 7) is 2.91. The third kappa shape index (κ3) is 4.78. The van der Waals surface area contributed by atoms with E-state index in [4.69, 9.17) is 5.73 Å². The van der Waals surface area contributed by atoms with Gasteiger partial charge in [-0.05, 0) is 32.2 Å². The van der Waals surface area contributed by atoms with Gasteiger partial charge in [0.1, 0.15) is 0 Å². The molecule has 0 bridgehead atoms. The molecule has 1 fully saturated rings. The summed E-state index contributed by atoms with van der Waals surface area (Å²) in [6.07, 6.45) is 4.13. The molecular weight excluding hydrogens is 226 g/mol. The van der Waals surface area contributed by atoms with Gasteiger partial charge in [0.25, 0.3) is 10.2 Å². The average Bonchev–Trinajstić information content (AvgIpc) is 2.96. The summed E-state index contributed by atoms with van der Waals surface area (Å²) in [7, 11) is -1.74. The average molecular weight is 249 g/mol. The monoisotopic (exact) mass is 249 g/mol. The molecule has 1 saturated carbocycles. The van der Waals surface area contributed by atoms with E-state index in [0.717, 1.165) is 12.3 Å². The van der Waals surface area contributed by atoms with Gasteiger partial charge in [-0.1, -0.05) is 12.8 Å². The van der Waals surface area contributed by atoms with Crippen molar-refractivity contribution >= 4 is 10.2 Å². The van der Waals surface area contributed by atoms with E-state index in [0.29, 0.717) is 19.5 Å². The second-order valence-corrected chi connectivity index (χ2v) is 6.48. The lowest BCUT2D eigenvalue weighted by Crippen LogP contribution is -2.43. The van der Waals surface area contributed by atoms with Crippen LogP contribution < -0.4 is 10.5 Å². The van der Waals surface area contributed by atoms with Gasteiger partial charge in [0.05, 0.1) is 0 Å². The molecule has 1 rings (SSSR count). The predicted octanol–water partition coefficient (Wildman–Crippen LogP) is 0.290. The van der Waals surface area contributed by atoms with Crippen LogP contribution in [0.25, 0.3) is 0 Å². The van der Waals surface area contributed by atoms with E-state index < -0.39 is 10.2 Å². The van der Waals surface area contributed by atoms with E-state index in [9.17, 15) is 8.42 Å². The van der Waals surface area contributed by atoms with E-state index in [-0.39, 0.29) is 6.04 Å². The summed E-state index contributed by atoms with van der Waals surface area (Å²) in [5, 5.41) is 0. The molecule has 0 saturated heterocycles. The molecule has 3 N–H and O–H groups in total. The van der Waals surface area contributed by atoms with Crippen molar-refractivity contribution in [2.45, 2.75) is 38.6 Å². The van der Waals surface area contributed by atoms with Crippen LogP contribution in [-0.4, -0.2) is 38.9 Å². The molecule has 0 aliphatic heterocycles. The van der Waals surface area contributed by atoms with Gasteiger partial charge in [0.2, 0.25) is 0 Å². The normalized spacial score (nSPS) is 19.0. The first kappa shape index (κ1) is 13.9. The van der Waals surface area contributed by atoms with Gasteiger partial charge >= 0.3 is 0 Å². The molecule has 5 nitrogen and oxygen atoms in total. The maximum Gasteiger partial charge on any atom is 0.279 e. The molecule has 0 radical (unpaired) electrons. The van der Waals surface area contributed by atoms with E-state index in [1.54, 1.807) is 7.05 Å². The molecule has 1 unspecified atom stereocenters. The van der Waals surface area contributed by atoms with Crippen LogP contribution >= 0.6 is 0 Å². The molecule has 0 heterocycles. The Morgan fingerprint density at radius 1 is 1.50 bits per heavy atom. The smallest absolute Gasteiger partial charge is 0.279 e. The topological polar surface area (TPSA) is 75.4 Å². The fraction of sp³-hybridized carbons (Fsp3) is 1.00. The molecule has 96 valence electrons. The second kappa shape index (κ2) is 5.95. The van der Waals surface area contributed by atoms with Crippen LogP contribution in [0.15, 0.2) is 0 Å². The van der Waals surface area contributed by atoms with E-state index in [1.165, 1.54) is 17.1 Å². The summed E-state index contributed by atoms with van der Waals surface area (Å²) in [6, 6.07) is 0.0258. The van der Waals surface area contributed by atoms with E-state index in [2.05, 4.69) is 4.72 Å². The van der Waals surface area contributed by atoms with Crippen molar-refractivity contribution in [2.75, 3.05) is 20.1 Å². The first-order valence-corrected chi connectivity index (χ1v) is 7.33. The zero-order chi connectivity index (χ0) is 12.2. The minimum atomic E-state index is -3.32. The molecule has 0 aromatic heterocycles. The van der Waals surface area contributed by atoms with Crippen LogP contribution in [0.2, 0.25) is 0 Å². The highest BCUT2D eigenvalue weighted by molar-refractivity contribution is 7.87. The summed E-state index contributed by atoms with van der Waals surface area (Å²) >= 11 is 0. The van der Waals surface area contributed by atoms with Gasteiger partial charge in [-0.2, -0.15) is 17.4 Å². The molecule has 16 heavy (non-hydrogen) atoms. The number of hydrogen-bond donors (Lipinski definition) is 2. The highest BCUT2D eigenvalue weighted by Crippen LogP contribution is 2.33. The van der Waals surface area contributed by atoms with Crippen LogP contribution in [0.4, 0.5) is 0 Å². The van der Waals surface area contributed by atoms with Crippen molar-refractivity contribution < 1.29 is 8.42 Å². The molecule has 0 aromatic carbocycles. The Morgan fingerprint density at radius 3 is 2.62 bits per heavy atom. The van der Waals surface area contributed by atoms with Crippen LogP contribution in [0.1, 0.15) is 32.6 Å². The maximum atomic E-state index is 11.8. The van der Waals surface area contributed by atoms with Crippen LogP contribution in [0.5, 0.6) is 0 Å². The molecule has 0 aromatic rings. The van der Waals surface area contributed by atoms with Gasteiger partial charge in [-0.25, -0.2) is 0 Å². The van der Waals surface area contributed by atoms with Crippen LogP contribution in [-0.2, 0) is 10.2 Å². The standard InChI is InChI=1S/C10H23N3O2S/c1-9(8-10-4-5-10)12-16(14,15)13(2)7-3-6-11/h9-10,12H,3-8,11H2,1-2H3. The first-order chi connectivity index (χ1) is 7.45. The Hall–Kier alpha value is -0.170. The van der Waals surface area contributed by atoms with Crippen molar-refractivity contribution in [2.24, 2.45) is 11.7 Å². The van der Waals surface area contributed by atoms with Crippen LogP contribution in [0, 0.1) is 5.92 Å². The van der Waals surface area contributed by atoms with Gasteiger partial charge in [0, 0.05) is 19.6 Å². The lowest BCUT2D eigenvalue weighted by molar-refractivity contribution is 0.438. The molecular formula is C10H23N3O2S. The maximum absolute atomic E-state index is 11.8. The molecule has 6 heteroatoms. The van der Waals surface area contributed by atoms with Crippen LogP contribution in [0.3, 0.4) is 0 Å². The number of nitrogens with one attached hydrogen (secondary N) is 1. The third-order valence-corrected chi connectivity index (χ3v) is 4.52. The Balaban J connectivity index is 2.36. The summed E-state index contributed by atoms with van der Waals surface area (Å²) in [4.78, 5) is 0. The van der Waals surface area contributed by atoms with E-state index in [1.807, 2.05) is 6.92 Å². The predicted molar refractivity (Wildman–Crippen MR) is 65.2 cm³/mol. The fourth-order valence-corrected chi connectivity index (χ4v) is 2.83. The third-order valence-electron chi connectivity index (χ3n) is 2.82. The van der Waals surface area contributed by atoms with Gasteiger partial charge in [-0.3, -0.25) is 0 Å². The van der Waals surface area contributed by atoms with Gasteiger partial charge in [-0.15, -0.1) is 0 Å². The highest BCUT2D eigenvalue weighted by Gasteiger charge is 2.26. The summed E-state index contributed by atoms with van der Waals surface area (Å²) < 4.78 is 27.7. The Bertz CT molecular complexity index is 301. The molecule has 1 aliphatic carbocycles. The second-order valence-electron chi connectivity index (χ2n) is 4.67. The Labute approximate surface area is 98.6 Å². The van der Waals surface area contributed by atoms with E-state index >= 15 is 0 Å². The van der Waals surface area contributed by atoms with Crippen molar-refractivity contribution in [1.29, 1.82) is 0 Å². The lowest BCUT2D eigenvalue weighted by atomic mass is 10.2. The molecule has 0 amide bonds. The quantitative estimate of drug-likeness (QED) is 0.649. The fourth-order valence-electron chi connectivity index (χ4n) is 1.68.